The summed E-state index contributed by atoms with van der Waals surface area (Å²) in [5.41, 5.74) is 2.74. The van der Waals surface area contributed by atoms with Crippen LogP contribution in [0, 0.1) is 13.8 Å². The number of carbonyl (C=O) groups excluding carboxylic acids is 2. The third-order valence-electron chi connectivity index (χ3n) is 6.48. The van der Waals surface area contributed by atoms with Gasteiger partial charge in [-0.15, -0.1) is 5.10 Å². The topological polar surface area (TPSA) is 84.5 Å². The highest BCUT2D eigenvalue weighted by Gasteiger charge is 2.41. The van der Waals surface area contributed by atoms with Crippen molar-refractivity contribution < 1.29 is 14.0 Å². The maximum Gasteiger partial charge on any atom is 0.294 e. The van der Waals surface area contributed by atoms with Crippen molar-refractivity contribution in [1.82, 2.24) is 24.6 Å². The number of amides is 2. The first-order chi connectivity index (χ1) is 16.6. The van der Waals surface area contributed by atoms with Crippen molar-refractivity contribution in [3.63, 3.8) is 0 Å². The van der Waals surface area contributed by atoms with Crippen molar-refractivity contribution >= 4 is 34.4 Å². The second-order valence-electron chi connectivity index (χ2n) is 9.54. The first kappa shape index (κ1) is 23.1. The van der Waals surface area contributed by atoms with E-state index in [0.717, 1.165) is 22.2 Å². The standard InChI is InChI=1S/C26H26ClN5O3/c1-16-8-9-21-20(12-16)17(2)22(35-21)24(33)30-10-11-31(26(3,4)14-30)25(34)23-28-15-32(29-23)19-7-5-6-18(27)13-19/h5-9,12-13,15H,10-11,14H2,1-4H3. The van der Waals surface area contributed by atoms with E-state index in [9.17, 15) is 9.59 Å². The van der Waals surface area contributed by atoms with Gasteiger partial charge in [-0.2, -0.15) is 0 Å². The van der Waals surface area contributed by atoms with Gasteiger partial charge in [0.25, 0.3) is 11.8 Å². The smallest absolute Gasteiger partial charge is 0.294 e. The van der Waals surface area contributed by atoms with Crippen LogP contribution in [0.1, 0.15) is 46.1 Å². The van der Waals surface area contributed by atoms with Gasteiger partial charge in [0.05, 0.1) is 11.2 Å². The van der Waals surface area contributed by atoms with E-state index in [1.54, 1.807) is 21.9 Å². The minimum atomic E-state index is -0.622. The van der Waals surface area contributed by atoms with Crippen LogP contribution in [-0.2, 0) is 0 Å². The van der Waals surface area contributed by atoms with Gasteiger partial charge in [0.2, 0.25) is 5.82 Å². The van der Waals surface area contributed by atoms with Crippen LogP contribution in [0.15, 0.2) is 53.2 Å². The van der Waals surface area contributed by atoms with Gasteiger partial charge in [0, 0.05) is 35.6 Å². The Morgan fingerprint density at radius 2 is 1.86 bits per heavy atom. The molecular formula is C26H26ClN5O3. The van der Waals surface area contributed by atoms with E-state index in [1.807, 2.05) is 58.0 Å². The van der Waals surface area contributed by atoms with Crippen LogP contribution in [0.4, 0.5) is 0 Å². The van der Waals surface area contributed by atoms with Crippen LogP contribution in [0.3, 0.4) is 0 Å². The molecule has 1 aliphatic heterocycles. The fraction of sp³-hybridized carbons (Fsp3) is 0.308. The molecule has 3 heterocycles. The lowest BCUT2D eigenvalue weighted by Crippen LogP contribution is -2.62. The normalized spacial score (nSPS) is 15.6. The van der Waals surface area contributed by atoms with Crippen molar-refractivity contribution in [2.24, 2.45) is 0 Å². The average molecular weight is 492 g/mol. The molecule has 0 atom stereocenters. The van der Waals surface area contributed by atoms with Gasteiger partial charge in [-0.05, 0) is 58.0 Å². The number of hydrogen-bond donors (Lipinski definition) is 0. The van der Waals surface area contributed by atoms with Crippen molar-refractivity contribution in [3.05, 3.63) is 76.5 Å². The number of aromatic nitrogens is 3. The summed E-state index contributed by atoms with van der Waals surface area (Å²) in [7, 11) is 0. The van der Waals surface area contributed by atoms with Crippen molar-refractivity contribution in [1.29, 1.82) is 0 Å². The van der Waals surface area contributed by atoms with Gasteiger partial charge in [-0.3, -0.25) is 9.59 Å². The zero-order chi connectivity index (χ0) is 24.9. The number of hydrogen-bond acceptors (Lipinski definition) is 5. The Bertz CT molecular complexity index is 1450. The van der Waals surface area contributed by atoms with Crippen LogP contribution in [0.2, 0.25) is 5.02 Å². The number of carbonyl (C=O) groups is 2. The molecule has 9 heteroatoms. The highest BCUT2D eigenvalue weighted by molar-refractivity contribution is 6.30. The zero-order valence-corrected chi connectivity index (χ0v) is 20.8. The Morgan fingerprint density at radius 3 is 2.60 bits per heavy atom. The second kappa shape index (κ2) is 8.53. The SMILES string of the molecule is Cc1ccc2oc(C(=O)N3CCN(C(=O)c4ncn(-c5cccc(Cl)c5)n4)C(C)(C)C3)c(C)c2c1. The maximum absolute atomic E-state index is 13.4. The molecule has 0 aliphatic carbocycles. The zero-order valence-electron chi connectivity index (χ0n) is 20.1. The van der Waals surface area contributed by atoms with Gasteiger partial charge in [0.1, 0.15) is 11.9 Å². The van der Waals surface area contributed by atoms with Gasteiger partial charge < -0.3 is 14.2 Å². The molecule has 35 heavy (non-hydrogen) atoms. The number of piperazine rings is 1. The van der Waals surface area contributed by atoms with Crippen LogP contribution >= 0.6 is 11.6 Å². The lowest BCUT2D eigenvalue weighted by atomic mass is 9.98. The van der Waals surface area contributed by atoms with E-state index >= 15 is 0 Å². The highest BCUT2D eigenvalue weighted by Crippen LogP contribution is 2.29. The van der Waals surface area contributed by atoms with Crippen molar-refractivity contribution in [3.8, 4) is 5.69 Å². The van der Waals surface area contributed by atoms with Gasteiger partial charge in [-0.25, -0.2) is 9.67 Å². The van der Waals surface area contributed by atoms with Crippen molar-refractivity contribution in [2.75, 3.05) is 19.6 Å². The summed E-state index contributed by atoms with van der Waals surface area (Å²) in [6, 6.07) is 13.1. The summed E-state index contributed by atoms with van der Waals surface area (Å²) >= 11 is 6.07. The number of aryl methyl sites for hydroxylation is 2. The Morgan fingerprint density at radius 1 is 1.06 bits per heavy atom. The number of furan rings is 1. The molecule has 180 valence electrons. The quantitative estimate of drug-likeness (QED) is 0.416. The molecule has 1 aliphatic rings. The van der Waals surface area contributed by atoms with E-state index in [2.05, 4.69) is 10.1 Å². The lowest BCUT2D eigenvalue weighted by molar-refractivity contribution is 0.0149. The molecular weight excluding hydrogens is 466 g/mol. The Balaban J connectivity index is 1.34. The summed E-state index contributed by atoms with van der Waals surface area (Å²) in [6.07, 6.45) is 1.50. The molecule has 2 aromatic carbocycles. The molecule has 0 N–H and O–H groups in total. The highest BCUT2D eigenvalue weighted by atomic mass is 35.5. The molecule has 1 fully saturated rings. The van der Waals surface area contributed by atoms with Crippen LogP contribution < -0.4 is 0 Å². The Hall–Kier alpha value is -3.65. The summed E-state index contributed by atoms with van der Waals surface area (Å²) in [5, 5.41) is 5.89. The molecule has 1 saturated heterocycles. The summed E-state index contributed by atoms with van der Waals surface area (Å²) in [5.74, 6) is 0.00240. The fourth-order valence-electron chi connectivity index (χ4n) is 4.61. The molecule has 0 bridgehead atoms. The second-order valence-corrected chi connectivity index (χ2v) is 9.98. The fourth-order valence-corrected chi connectivity index (χ4v) is 4.80. The molecule has 0 radical (unpaired) electrons. The number of fused-ring (bicyclic) bond motifs is 1. The molecule has 0 unspecified atom stereocenters. The molecule has 0 spiro atoms. The Kier molecular flexibility index (Phi) is 5.63. The van der Waals surface area contributed by atoms with Crippen LogP contribution in [-0.4, -0.2) is 61.6 Å². The molecule has 2 aromatic heterocycles. The number of benzene rings is 2. The third kappa shape index (κ3) is 4.18. The largest absolute Gasteiger partial charge is 0.451 e. The minimum absolute atomic E-state index is 0.0984. The summed E-state index contributed by atoms with van der Waals surface area (Å²) in [6.45, 7) is 8.91. The monoisotopic (exact) mass is 491 g/mol. The van der Waals surface area contributed by atoms with Crippen LogP contribution in [0.25, 0.3) is 16.7 Å². The average Bonchev–Trinajstić information content (AvgIpc) is 3.43. The van der Waals surface area contributed by atoms with Gasteiger partial charge in [-0.1, -0.05) is 29.3 Å². The van der Waals surface area contributed by atoms with Crippen molar-refractivity contribution in [2.45, 2.75) is 33.2 Å². The predicted octanol–water partition coefficient (Wildman–Crippen LogP) is 4.66. The van der Waals surface area contributed by atoms with E-state index < -0.39 is 5.54 Å². The molecule has 2 amide bonds. The molecule has 8 nitrogen and oxygen atoms in total. The Labute approximate surface area is 208 Å². The number of rotatable bonds is 3. The van der Waals surface area contributed by atoms with E-state index in [1.165, 1.54) is 11.0 Å². The summed E-state index contributed by atoms with van der Waals surface area (Å²) < 4.78 is 7.46. The maximum atomic E-state index is 13.4. The summed E-state index contributed by atoms with van der Waals surface area (Å²) in [4.78, 5) is 34.4. The van der Waals surface area contributed by atoms with E-state index in [0.29, 0.717) is 36.0 Å². The van der Waals surface area contributed by atoms with Crippen LogP contribution in [0.5, 0.6) is 0 Å². The van der Waals surface area contributed by atoms with E-state index in [-0.39, 0.29) is 17.6 Å². The lowest BCUT2D eigenvalue weighted by Gasteiger charge is -2.46. The number of nitrogens with zero attached hydrogens (tertiary/aromatic N) is 5. The minimum Gasteiger partial charge on any atom is -0.451 e. The van der Waals surface area contributed by atoms with Gasteiger partial charge in [0.15, 0.2) is 5.76 Å². The van der Waals surface area contributed by atoms with Gasteiger partial charge >= 0.3 is 0 Å². The van der Waals surface area contributed by atoms with E-state index in [4.69, 9.17) is 16.0 Å². The third-order valence-corrected chi connectivity index (χ3v) is 6.71. The molecule has 4 aromatic rings. The predicted molar refractivity (Wildman–Crippen MR) is 133 cm³/mol. The number of halogens is 1. The molecule has 0 saturated carbocycles. The first-order valence-corrected chi connectivity index (χ1v) is 11.8. The first-order valence-electron chi connectivity index (χ1n) is 11.4. The molecule has 5 rings (SSSR count).